The second-order valence-corrected chi connectivity index (χ2v) is 7.75. The molecule has 0 radical (unpaired) electrons. The second-order valence-electron chi connectivity index (χ2n) is 7.75. The van der Waals surface area contributed by atoms with Crippen molar-refractivity contribution in [2.75, 3.05) is 26.7 Å². The molecule has 2 atom stereocenters. The SMILES string of the molecule is Cc1ccc(C2CC(NCC3CCCC3)CN(C)C2)cc1C. The molecule has 2 fully saturated rings. The molecule has 3 rings (SSSR count). The number of aryl methyl sites for hydroxylation is 2. The highest BCUT2D eigenvalue weighted by Crippen LogP contribution is 2.29. The van der Waals surface area contributed by atoms with Crippen molar-refractivity contribution in [1.82, 2.24) is 10.2 Å². The number of hydrogen-bond donors (Lipinski definition) is 1. The molecule has 2 unspecified atom stereocenters. The highest BCUT2D eigenvalue weighted by molar-refractivity contribution is 5.32. The van der Waals surface area contributed by atoms with Crippen LogP contribution in [0.25, 0.3) is 0 Å². The fourth-order valence-electron chi connectivity index (χ4n) is 4.28. The number of likely N-dealkylation sites (N-methyl/N-ethyl adjacent to an activating group) is 1. The molecule has 22 heavy (non-hydrogen) atoms. The minimum absolute atomic E-state index is 0.658. The van der Waals surface area contributed by atoms with Gasteiger partial charge in [0.1, 0.15) is 0 Å². The van der Waals surface area contributed by atoms with Gasteiger partial charge in [0, 0.05) is 19.1 Å². The molecule has 1 N–H and O–H groups in total. The van der Waals surface area contributed by atoms with Gasteiger partial charge in [0.05, 0.1) is 0 Å². The molecule has 1 aliphatic carbocycles. The lowest BCUT2D eigenvalue weighted by atomic mass is 9.86. The zero-order valence-electron chi connectivity index (χ0n) is 14.6. The molecule has 1 saturated heterocycles. The predicted molar refractivity (Wildman–Crippen MR) is 94.5 cm³/mol. The minimum Gasteiger partial charge on any atom is -0.312 e. The minimum atomic E-state index is 0.658. The third-order valence-corrected chi connectivity index (χ3v) is 5.81. The van der Waals surface area contributed by atoms with Gasteiger partial charge >= 0.3 is 0 Å². The van der Waals surface area contributed by atoms with Crippen LogP contribution in [0, 0.1) is 19.8 Å². The van der Waals surface area contributed by atoms with Crippen LogP contribution < -0.4 is 5.32 Å². The number of likely N-dealkylation sites (tertiary alicyclic amines) is 1. The lowest BCUT2D eigenvalue weighted by molar-refractivity contribution is 0.200. The summed E-state index contributed by atoms with van der Waals surface area (Å²) >= 11 is 0. The van der Waals surface area contributed by atoms with Gasteiger partial charge in [-0.25, -0.2) is 0 Å². The monoisotopic (exact) mass is 300 g/mol. The molecule has 1 aromatic carbocycles. The van der Waals surface area contributed by atoms with Crippen LogP contribution in [0.4, 0.5) is 0 Å². The number of benzene rings is 1. The molecule has 0 spiro atoms. The van der Waals surface area contributed by atoms with E-state index in [-0.39, 0.29) is 0 Å². The van der Waals surface area contributed by atoms with Crippen molar-refractivity contribution in [2.45, 2.75) is 57.9 Å². The van der Waals surface area contributed by atoms with Crippen LogP contribution in [-0.2, 0) is 0 Å². The molecule has 0 aromatic heterocycles. The summed E-state index contributed by atoms with van der Waals surface area (Å²) < 4.78 is 0. The Balaban J connectivity index is 1.60. The molecule has 2 nitrogen and oxygen atoms in total. The van der Waals surface area contributed by atoms with Crippen LogP contribution in [0.1, 0.15) is 54.7 Å². The maximum atomic E-state index is 3.88. The number of hydrogen-bond acceptors (Lipinski definition) is 2. The lowest BCUT2D eigenvalue weighted by Gasteiger charge is -2.37. The van der Waals surface area contributed by atoms with E-state index in [2.05, 4.69) is 49.3 Å². The smallest absolute Gasteiger partial charge is 0.0201 e. The van der Waals surface area contributed by atoms with Gasteiger partial charge in [-0.2, -0.15) is 0 Å². The molecule has 122 valence electrons. The summed E-state index contributed by atoms with van der Waals surface area (Å²) in [4.78, 5) is 2.51. The number of nitrogens with one attached hydrogen (secondary N) is 1. The van der Waals surface area contributed by atoms with Gasteiger partial charge in [-0.05, 0) is 75.2 Å². The van der Waals surface area contributed by atoms with E-state index in [0.29, 0.717) is 12.0 Å². The Morgan fingerprint density at radius 2 is 1.86 bits per heavy atom. The normalized spacial score (nSPS) is 27.4. The summed E-state index contributed by atoms with van der Waals surface area (Å²) in [5.41, 5.74) is 4.37. The second kappa shape index (κ2) is 7.14. The largest absolute Gasteiger partial charge is 0.312 e. The van der Waals surface area contributed by atoms with Crippen molar-refractivity contribution in [3.8, 4) is 0 Å². The predicted octanol–water partition coefficient (Wildman–Crippen LogP) is 3.87. The highest BCUT2D eigenvalue weighted by atomic mass is 15.1. The van der Waals surface area contributed by atoms with E-state index in [9.17, 15) is 0 Å². The Bertz CT molecular complexity index is 490. The maximum Gasteiger partial charge on any atom is 0.0201 e. The van der Waals surface area contributed by atoms with Gasteiger partial charge in [0.15, 0.2) is 0 Å². The maximum absolute atomic E-state index is 3.88. The van der Waals surface area contributed by atoms with Gasteiger partial charge in [-0.3, -0.25) is 0 Å². The number of rotatable bonds is 4. The summed E-state index contributed by atoms with van der Waals surface area (Å²) in [6.45, 7) is 8.08. The summed E-state index contributed by atoms with van der Waals surface area (Å²) in [5, 5.41) is 3.88. The van der Waals surface area contributed by atoms with Crippen LogP contribution in [-0.4, -0.2) is 37.6 Å². The number of nitrogens with zero attached hydrogens (tertiary/aromatic N) is 1. The van der Waals surface area contributed by atoms with Gasteiger partial charge in [-0.1, -0.05) is 31.0 Å². The van der Waals surface area contributed by atoms with Crippen molar-refractivity contribution < 1.29 is 0 Å². The molecule has 0 amide bonds. The van der Waals surface area contributed by atoms with Crippen LogP contribution in [0.3, 0.4) is 0 Å². The van der Waals surface area contributed by atoms with Gasteiger partial charge in [-0.15, -0.1) is 0 Å². The quantitative estimate of drug-likeness (QED) is 0.908. The van der Waals surface area contributed by atoms with Crippen molar-refractivity contribution in [1.29, 1.82) is 0 Å². The van der Waals surface area contributed by atoms with E-state index >= 15 is 0 Å². The van der Waals surface area contributed by atoms with Crippen molar-refractivity contribution in [3.05, 3.63) is 34.9 Å². The van der Waals surface area contributed by atoms with E-state index in [4.69, 9.17) is 0 Å². The number of piperidine rings is 1. The standard InChI is InChI=1S/C20H32N2/c1-15-8-9-18(10-16(15)2)19-11-20(14-22(3)13-19)21-12-17-6-4-5-7-17/h8-10,17,19-21H,4-7,11-14H2,1-3H3. The molecule has 1 aromatic rings. The van der Waals surface area contributed by atoms with Crippen LogP contribution >= 0.6 is 0 Å². The van der Waals surface area contributed by atoms with Crippen LogP contribution in [0.2, 0.25) is 0 Å². The fourth-order valence-corrected chi connectivity index (χ4v) is 4.28. The highest BCUT2D eigenvalue weighted by Gasteiger charge is 2.27. The van der Waals surface area contributed by atoms with E-state index in [0.717, 1.165) is 5.92 Å². The fraction of sp³-hybridized carbons (Fsp3) is 0.700. The summed E-state index contributed by atoms with van der Waals surface area (Å²) in [6, 6.07) is 7.71. The molecule has 1 aliphatic heterocycles. The summed E-state index contributed by atoms with van der Waals surface area (Å²) in [7, 11) is 2.28. The first-order chi connectivity index (χ1) is 10.6. The van der Waals surface area contributed by atoms with Crippen LogP contribution in [0.15, 0.2) is 18.2 Å². The molecule has 0 bridgehead atoms. The molecule has 2 heteroatoms. The molecular formula is C20H32N2. The Labute approximate surface area is 136 Å². The van der Waals surface area contributed by atoms with Gasteiger partial charge in [0.2, 0.25) is 0 Å². The molecule has 1 heterocycles. The Morgan fingerprint density at radius 1 is 1.09 bits per heavy atom. The first kappa shape index (κ1) is 16.0. The molecular weight excluding hydrogens is 268 g/mol. The summed E-state index contributed by atoms with van der Waals surface area (Å²) in [5.74, 6) is 1.62. The topological polar surface area (TPSA) is 15.3 Å². The molecule has 1 saturated carbocycles. The lowest BCUT2D eigenvalue weighted by Crippen LogP contribution is -2.47. The van der Waals surface area contributed by atoms with E-state index in [1.807, 2.05) is 0 Å². The van der Waals surface area contributed by atoms with E-state index in [1.54, 1.807) is 0 Å². The van der Waals surface area contributed by atoms with Gasteiger partial charge in [0.25, 0.3) is 0 Å². The van der Waals surface area contributed by atoms with Crippen molar-refractivity contribution in [3.63, 3.8) is 0 Å². The average Bonchev–Trinajstić information content (AvgIpc) is 3.01. The van der Waals surface area contributed by atoms with Crippen molar-refractivity contribution in [2.24, 2.45) is 5.92 Å². The molecule has 2 aliphatic rings. The first-order valence-corrected chi connectivity index (χ1v) is 9.11. The van der Waals surface area contributed by atoms with E-state index in [1.165, 1.54) is 68.4 Å². The van der Waals surface area contributed by atoms with E-state index < -0.39 is 0 Å². The first-order valence-electron chi connectivity index (χ1n) is 9.11. The van der Waals surface area contributed by atoms with Crippen molar-refractivity contribution >= 4 is 0 Å². The van der Waals surface area contributed by atoms with Gasteiger partial charge < -0.3 is 10.2 Å². The third-order valence-electron chi connectivity index (χ3n) is 5.81. The summed E-state index contributed by atoms with van der Waals surface area (Å²) in [6.07, 6.45) is 7.07. The Hall–Kier alpha value is -0.860. The van der Waals surface area contributed by atoms with Crippen LogP contribution in [0.5, 0.6) is 0 Å². The zero-order valence-corrected chi connectivity index (χ0v) is 14.6. The zero-order chi connectivity index (χ0) is 15.5. The Morgan fingerprint density at radius 3 is 2.59 bits per heavy atom. The average molecular weight is 300 g/mol. The Kier molecular flexibility index (Phi) is 5.20. The third kappa shape index (κ3) is 3.91.